The molecule has 0 bridgehead atoms. The quantitative estimate of drug-likeness (QED) is 0.854. The number of nitrogens with zero attached hydrogens (tertiary/aromatic N) is 2. The third kappa shape index (κ3) is 3.64. The Bertz CT molecular complexity index is 748. The van der Waals surface area contributed by atoms with Gasteiger partial charge in [0.05, 0.1) is 17.7 Å². The van der Waals surface area contributed by atoms with E-state index in [1.54, 1.807) is 0 Å². The summed E-state index contributed by atoms with van der Waals surface area (Å²) in [5.41, 5.74) is 2.86. The number of rotatable bonds is 3. The predicted octanol–water partition coefficient (Wildman–Crippen LogP) is 2.88. The molecule has 0 radical (unpaired) electrons. The normalized spacial score (nSPS) is 24.9. The number of aryl methyl sites for hydroxylation is 1. The minimum absolute atomic E-state index is 0. The van der Waals surface area contributed by atoms with Crippen LogP contribution in [0.2, 0.25) is 0 Å². The van der Waals surface area contributed by atoms with E-state index in [4.69, 9.17) is 0 Å². The number of pyridine rings is 1. The van der Waals surface area contributed by atoms with Gasteiger partial charge < -0.3 is 15.0 Å². The highest BCUT2D eigenvalue weighted by Gasteiger charge is 2.49. The van der Waals surface area contributed by atoms with Gasteiger partial charge in [0.2, 0.25) is 5.91 Å². The number of fused-ring (bicyclic) bond motifs is 2. The lowest BCUT2D eigenvalue weighted by atomic mass is 9.67. The molecule has 1 aliphatic carbocycles. The second-order valence-electron chi connectivity index (χ2n) is 7.11. The molecule has 138 valence electrons. The molecular formula is C18H26Cl2N4O. The summed E-state index contributed by atoms with van der Waals surface area (Å²) in [5.74, 6) is 0.709. The minimum Gasteiger partial charge on any atom is -0.350 e. The molecule has 7 heteroatoms. The van der Waals surface area contributed by atoms with Crippen molar-refractivity contribution in [2.24, 2.45) is 11.3 Å². The molecule has 0 spiro atoms. The molecule has 5 nitrogen and oxygen atoms in total. The second-order valence-corrected chi connectivity index (χ2v) is 7.11. The third-order valence-electron chi connectivity index (χ3n) is 5.59. The highest BCUT2D eigenvalue weighted by Crippen LogP contribution is 2.43. The van der Waals surface area contributed by atoms with Gasteiger partial charge in [0.25, 0.3) is 0 Å². The molecule has 1 saturated heterocycles. The number of halogens is 2. The van der Waals surface area contributed by atoms with E-state index >= 15 is 0 Å². The van der Waals surface area contributed by atoms with Crippen LogP contribution in [-0.2, 0) is 11.3 Å². The Morgan fingerprint density at radius 1 is 1.44 bits per heavy atom. The number of nitrogens with one attached hydrogen (secondary N) is 2. The largest absolute Gasteiger partial charge is 0.350 e. The Labute approximate surface area is 160 Å². The number of aromatic nitrogens is 2. The summed E-state index contributed by atoms with van der Waals surface area (Å²) in [5, 5.41) is 6.58. The van der Waals surface area contributed by atoms with Crippen LogP contribution in [0.15, 0.2) is 24.5 Å². The van der Waals surface area contributed by atoms with Gasteiger partial charge in [-0.25, -0.2) is 4.98 Å². The summed E-state index contributed by atoms with van der Waals surface area (Å²) in [6.07, 6.45) is 8.62. The van der Waals surface area contributed by atoms with E-state index in [2.05, 4.69) is 34.7 Å². The van der Waals surface area contributed by atoms with E-state index in [9.17, 15) is 4.79 Å². The summed E-state index contributed by atoms with van der Waals surface area (Å²) in [6.45, 7) is 4.38. The summed E-state index contributed by atoms with van der Waals surface area (Å²) in [7, 11) is 0. The molecule has 4 rings (SSSR count). The molecule has 2 aromatic heterocycles. The van der Waals surface area contributed by atoms with Crippen molar-refractivity contribution in [2.45, 2.75) is 39.2 Å². The summed E-state index contributed by atoms with van der Waals surface area (Å²) in [4.78, 5) is 17.5. The Morgan fingerprint density at radius 3 is 3.12 bits per heavy atom. The Morgan fingerprint density at radius 2 is 2.28 bits per heavy atom. The van der Waals surface area contributed by atoms with Crippen LogP contribution in [0.3, 0.4) is 0 Å². The van der Waals surface area contributed by atoms with Crippen LogP contribution >= 0.6 is 24.8 Å². The predicted molar refractivity (Wildman–Crippen MR) is 104 cm³/mol. The zero-order valence-electron chi connectivity index (χ0n) is 14.5. The molecule has 1 saturated carbocycles. The summed E-state index contributed by atoms with van der Waals surface area (Å²) < 4.78 is 2.01. The zero-order chi connectivity index (χ0) is 15.9. The van der Waals surface area contributed by atoms with Crippen molar-refractivity contribution in [1.29, 1.82) is 0 Å². The van der Waals surface area contributed by atoms with Crippen molar-refractivity contribution in [1.82, 2.24) is 20.0 Å². The number of carbonyl (C=O) groups is 1. The maximum Gasteiger partial charge on any atom is 0.228 e. The fraction of sp³-hybridized carbons (Fsp3) is 0.556. The van der Waals surface area contributed by atoms with Crippen LogP contribution in [0.4, 0.5) is 0 Å². The monoisotopic (exact) mass is 384 g/mol. The van der Waals surface area contributed by atoms with Crippen LogP contribution in [0.25, 0.3) is 5.65 Å². The topological polar surface area (TPSA) is 58.4 Å². The number of carbonyl (C=O) groups excluding carboxylic acids is 1. The summed E-state index contributed by atoms with van der Waals surface area (Å²) >= 11 is 0. The van der Waals surface area contributed by atoms with Crippen molar-refractivity contribution < 1.29 is 4.79 Å². The number of hydrogen-bond acceptors (Lipinski definition) is 3. The molecule has 2 aromatic rings. The van der Waals surface area contributed by atoms with Crippen molar-refractivity contribution in [3.63, 3.8) is 0 Å². The first kappa shape index (κ1) is 20.0. The molecule has 0 unspecified atom stereocenters. The number of amides is 1. The van der Waals surface area contributed by atoms with Crippen LogP contribution in [0.5, 0.6) is 0 Å². The Hall–Kier alpha value is -1.30. The van der Waals surface area contributed by atoms with Crippen LogP contribution in [0, 0.1) is 18.3 Å². The van der Waals surface area contributed by atoms with Crippen molar-refractivity contribution >= 4 is 36.4 Å². The van der Waals surface area contributed by atoms with Crippen molar-refractivity contribution in [2.75, 3.05) is 13.1 Å². The first-order chi connectivity index (χ1) is 11.2. The zero-order valence-corrected chi connectivity index (χ0v) is 16.1. The lowest BCUT2D eigenvalue weighted by Gasteiger charge is -2.37. The highest BCUT2D eigenvalue weighted by molar-refractivity contribution is 5.85. The van der Waals surface area contributed by atoms with Gasteiger partial charge in [0, 0.05) is 18.9 Å². The number of hydrogen-bond donors (Lipinski definition) is 2. The SMILES string of the molecule is Cc1ccn2cc(CNC(=O)[C@@]34CCCC[C@H]3CNC4)nc2c1.Cl.Cl. The van der Waals surface area contributed by atoms with Gasteiger partial charge in [0.1, 0.15) is 5.65 Å². The molecule has 25 heavy (non-hydrogen) atoms. The van der Waals surface area contributed by atoms with Gasteiger partial charge in [-0.15, -0.1) is 24.8 Å². The lowest BCUT2D eigenvalue weighted by Crippen LogP contribution is -2.47. The lowest BCUT2D eigenvalue weighted by molar-refractivity contribution is -0.134. The first-order valence-corrected chi connectivity index (χ1v) is 8.61. The van der Waals surface area contributed by atoms with Gasteiger partial charge in [0.15, 0.2) is 0 Å². The average Bonchev–Trinajstić information content (AvgIpc) is 3.16. The van der Waals surface area contributed by atoms with Crippen LogP contribution in [0.1, 0.15) is 36.9 Å². The number of imidazole rings is 1. The first-order valence-electron chi connectivity index (χ1n) is 8.61. The van der Waals surface area contributed by atoms with Gasteiger partial charge in [-0.2, -0.15) is 0 Å². The maximum absolute atomic E-state index is 12.9. The third-order valence-corrected chi connectivity index (χ3v) is 5.59. The standard InChI is InChI=1S/C18H24N4O.2ClH/c1-13-5-7-22-11-15(21-16(22)8-13)10-20-17(23)18-6-3-2-4-14(18)9-19-12-18;;/h5,7-8,11,14,19H,2-4,6,9-10,12H2,1H3,(H,20,23);2*1H/t14-,18+;;/m0../s1. The molecular weight excluding hydrogens is 359 g/mol. The fourth-order valence-electron chi connectivity index (χ4n) is 4.26. The molecule has 1 aliphatic heterocycles. The van der Waals surface area contributed by atoms with E-state index in [-0.39, 0.29) is 36.1 Å². The van der Waals surface area contributed by atoms with Gasteiger partial charge in [-0.1, -0.05) is 12.8 Å². The van der Waals surface area contributed by atoms with Crippen molar-refractivity contribution in [3.8, 4) is 0 Å². The van der Waals surface area contributed by atoms with Gasteiger partial charge >= 0.3 is 0 Å². The Balaban J connectivity index is 0.00000113. The molecule has 3 heterocycles. The van der Waals surface area contributed by atoms with E-state index in [0.29, 0.717) is 12.5 Å². The van der Waals surface area contributed by atoms with E-state index in [0.717, 1.165) is 30.9 Å². The average molecular weight is 385 g/mol. The van der Waals surface area contributed by atoms with Gasteiger partial charge in [-0.05, 0) is 49.9 Å². The highest BCUT2D eigenvalue weighted by atomic mass is 35.5. The second kappa shape index (κ2) is 7.94. The van der Waals surface area contributed by atoms with E-state index < -0.39 is 0 Å². The molecule has 2 N–H and O–H groups in total. The Kier molecular flexibility index (Phi) is 6.35. The molecule has 2 aliphatic rings. The van der Waals surface area contributed by atoms with Gasteiger partial charge in [-0.3, -0.25) is 4.79 Å². The van der Waals surface area contributed by atoms with Crippen LogP contribution in [-0.4, -0.2) is 28.4 Å². The molecule has 0 aromatic carbocycles. The summed E-state index contributed by atoms with van der Waals surface area (Å²) in [6, 6.07) is 4.12. The molecule has 2 atom stereocenters. The molecule has 1 amide bonds. The van der Waals surface area contributed by atoms with E-state index in [1.807, 2.05) is 16.8 Å². The van der Waals surface area contributed by atoms with E-state index in [1.165, 1.54) is 24.8 Å². The smallest absolute Gasteiger partial charge is 0.228 e. The maximum atomic E-state index is 12.9. The molecule has 2 fully saturated rings. The fourth-order valence-corrected chi connectivity index (χ4v) is 4.26. The van der Waals surface area contributed by atoms with Crippen molar-refractivity contribution in [3.05, 3.63) is 35.8 Å². The minimum atomic E-state index is -0.187. The van der Waals surface area contributed by atoms with Crippen LogP contribution < -0.4 is 10.6 Å².